The molecule has 0 unspecified atom stereocenters. The molecule has 2 aromatic carbocycles. The molecule has 0 saturated heterocycles. The lowest BCUT2D eigenvalue weighted by Gasteiger charge is -2.28. The van der Waals surface area contributed by atoms with Crippen LogP contribution < -0.4 is 4.90 Å². The number of nitrogens with zero attached hydrogens (tertiary/aromatic N) is 4. The molecule has 2 heterocycles. The highest BCUT2D eigenvalue weighted by Gasteiger charge is 2.21. The van der Waals surface area contributed by atoms with Crippen molar-refractivity contribution < 1.29 is 14.7 Å². The van der Waals surface area contributed by atoms with Gasteiger partial charge in [0.25, 0.3) is 5.91 Å². The average Bonchev–Trinajstić information content (AvgIpc) is 3.40. The number of pyridine rings is 1. The van der Waals surface area contributed by atoms with Gasteiger partial charge in [-0.2, -0.15) is 0 Å². The summed E-state index contributed by atoms with van der Waals surface area (Å²) in [5, 5.41) is 12.0. The zero-order valence-electron chi connectivity index (χ0n) is 24.4. The smallest absolute Gasteiger partial charge is 0.323 e. The molecule has 1 N–H and O–H groups in total. The van der Waals surface area contributed by atoms with Crippen LogP contribution in [0.5, 0.6) is 0 Å². The molecule has 0 aliphatic rings. The molecule has 4 aromatic rings. The molecule has 0 aliphatic carbocycles. The van der Waals surface area contributed by atoms with E-state index in [1.807, 2.05) is 5.38 Å². The van der Waals surface area contributed by atoms with Crippen LogP contribution in [0.3, 0.4) is 0 Å². The largest absolute Gasteiger partial charge is 0.480 e. The summed E-state index contributed by atoms with van der Waals surface area (Å²) in [6.07, 6.45) is 3.01. The molecule has 0 spiro atoms. The Morgan fingerprint density at radius 1 is 0.976 bits per heavy atom. The summed E-state index contributed by atoms with van der Waals surface area (Å²) in [5.74, 6) is -0.942. The maximum Gasteiger partial charge on any atom is 0.323 e. The number of anilines is 1. The Morgan fingerprint density at radius 3 is 2.27 bits per heavy atom. The summed E-state index contributed by atoms with van der Waals surface area (Å²) < 4.78 is 0. The van der Waals surface area contributed by atoms with Crippen LogP contribution >= 0.6 is 11.3 Å². The quantitative estimate of drug-likeness (QED) is 0.211. The maximum atomic E-state index is 12.9. The highest BCUT2D eigenvalue weighted by molar-refractivity contribution is 7.09. The molecule has 0 fully saturated rings. The second-order valence-electron chi connectivity index (χ2n) is 11.7. The van der Waals surface area contributed by atoms with Crippen LogP contribution in [0.25, 0.3) is 11.3 Å². The molecule has 0 radical (unpaired) electrons. The van der Waals surface area contributed by atoms with Crippen molar-refractivity contribution in [2.75, 3.05) is 18.0 Å². The van der Waals surface area contributed by atoms with Gasteiger partial charge in [0.15, 0.2) is 0 Å². The molecule has 41 heavy (non-hydrogen) atoms. The number of hydrogen-bond donors (Lipinski definition) is 1. The minimum Gasteiger partial charge on any atom is -0.480 e. The van der Waals surface area contributed by atoms with Crippen LogP contribution in [-0.2, 0) is 23.3 Å². The fourth-order valence-electron chi connectivity index (χ4n) is 4.59. The van der Waals surface area contributed by atoms with Gasteiger partial charge < -0.3 is 14.9 Å². The SMILES string of the molecule is CC(C)CN(Cc1ccc(-c2csc(CN(CC(=O)O)C(=O)c3cccnc3)n2)cc1)c1ccc(C(C)(C)C)cc1. The van der Waals surface area contributed by atoms with Gasteiger partial charge in [-0.15, -0.1) is 11.3 Å². The Hall–Kier alpha value is -4.04. The van der Waals surface area contributed by atoms with Gasteiger partial charge in [-0.1, -0.05) is 71.0 Å². The van der Waals surface area contributed by atoms with Gasteiger partial charge in [-0.25, -0.2) is 4.98 Å². The molecular formula is C33H38N4O3S. The highest BCUT2D eigenvalue weighted by Crippen LogP contribution is 2.28. The van der Waals surface area contributed by atoms with Crippen LogP contribution in [0.2, 0.25) is 0 Å². The molecule has 214 valence electrons. The first-order chi connectivity index (χ1) is 19.5. The average molecular weight is 571 g/mol. The standard InChI is InChI=1S/C33H38N4O3S/c1-23(2)18-36(28-14-12-27(13-15-28)33(3,4)5)19-24-8-10-25(11-9-24)29-22-41-30(35-29)20-37(21-31(38)39)32(40)26-7-6-16-34-17-26/h6-17,22-23H,18-21H2,1-5H3,(H,38,39). The van der Waals surface area contributed by atoms with Gasteiger partial charge in [0.2, 0.25) is 0 Å². The Bertz CT molecular complexity index is 1440. The van der Waals surface area contributed by atoms with Gasteiger partial charge in [-0.05, 0) is 46.7 Å². The number of carbonyl (C=O) groups excluding carboxylic acids is 1. The van der Waals surface area contributed by atoms with Crippen LogP contribution in [0.4, 0.5) is 5.69 Å². The molecule has 8 heteroatoms. The fraction of sp³-hybridized carbons (Fsp3) is 0.333. The molecule has 0 atom stereocenters. The normalized spacial score (nSPS) is 11.5. The lowest BCUT2D eigenvalue weighted by molar-refractivity contribution is -0.137. The number of benzene rings is 2. The van der Waals surface area contributed by atoms with Gasteiger partial charge in [0.1, 0.15) is 11.6 Å². The van der Waals surface area contributed by atoms with Crippen LogP contribution in [0.1, 0.15) is 61.1 Å². The molecular weight excluding hydrogens is 532 g/mol. The Morgan fingerprint density at radius 2 is 1.68 bits per heavy atom. The van der Waals surface area contributed by atoms with Crippen LogP contribution in [0.15, 0.2) is 78.4 Å². The minimum atomic E-state index is -1.08. The third kappa shape index (κ3) is 8.24. The van der Waals surface area contributed by atoms with E-state index in [2.05, 4.69) is 93.0 Å². The maximum absolute atomic E-state index is 12.9. The van der Waals surface area contributed by atoms with E-state index in [1.54, 1.807) is 18.3 Å². The van der Waals surface area contributed by atoms with Crippen molar-refractivity contribution in [1.82, 2.24) is 14.9 Å². The van der Waals surface area contributed by atoms with Gasteiger partial charge in [0, 0.05) is 42.1 Å². The van der Waals surface area contributed by atoms with E-state index in [9.17, 15) is 14.7 Å². The van der Waals surface area contributed by atoms with E-state index in [1.165, 1.54) is 39.2 Å². The van der Waals surface area contributed by atoms with Crippen molar-refractivity contribution in [2.24, 2.45) is 5.92 Å². The van der Waals surface area contributed by atoms with Crippen molar-refractivity contribution in [3.63, 3.8) is 0 Å². The van der Waals surface area contributed by atoms with E-state index in [4.69, 9.17) is 4.98 Å². The molecule has 0 saturated carbocycles. The number of hydrogen-bond acceptors (Lipinski definition) is 6. The number of amides is 1. The number of aliphatic carboxylic acids is 1. The number of carboxylic acids is 1. The van der Waals surface area contributed by atoms with E-state index in [0.29, 0.717) is 16.5 Å². The zero-order valence-corrected chi connectivity index (χ0v) is 25.2. The molecule has 1 amide bonds. The number of carboxylic acid groups (broad SMARTS) is 1. The Kier molecular flexibility index (Phi) is 9.55. The van der Waals surface area contributed by atoms with Gasteiger partial charge >= 0.3 is 5.97 Å². The van der Waals surface area contributed by atoms with Crippen molar-refractivity contribution >= 4 is 28.9 Å². The molecule has 2 aromatic heterocycles. The predicted molar refractivity (Wildman–Crippen MR) is 165 cm³/mol. The lowest BCUT2D eigenvalue weighted by Crippen LogP contribution is -2.35. The van der Waals surface area contributed by atoms with Crippen LogP contribution in [-0.4, -0.2) is 44.9 Å². The van der Waals surface area contributed by atoms with E-state index < -0.39 is 12.5 Å². The number of aromatic nitrogens is 2. The third-order valence-electron chi connectivity index (χ3n) is 6.71. The minimum absolute atomic E-state index is 0.112. The lowest BCUT2D eigenvalue weighted by atomic mass is 9.87. The summed E-state index contributed by atoms with van der Waals surface area (Å²) in [7, 11) is 0. The van der Waals surface area contributed by atoms with Crippen LogP contribution in [0, 0.1) is 5.92 Å². The molecule has 0 bridgehead atoms. The third-order valence-corrected chi connectivity index (χ3v) is 7.54. The van der Waals surface area contributed by atoms with E-state index in [-0.39, 0.29) is 17.9 Å². The van der Waals surface area contributed by atoms with Gasteiger partial charge in [0.05, 0.1) is 17.8 Å². The summed E-state index contributed by atoms with van der Waals surface area (Å²) in [5.41, 5.74) is 5.99. The second-order valence-corrected chi connectivity index (χ2v) is 12.6. The summed E-state index contributed by atoms with van der Waals surface area (Å²) in [4.78, 5) is 36.7. The number of thiazole rings is 1. The summed E-state index contributed by atoms with van der Waals surface area (Å²) in [6, 6.07) is 20.6. The monoisotopic (exact) mass is 570 g/mol. The van der Waals surface area contributed by atoms with Crippen molar-refractivity contribution in [3.8, 4) is 11.3 Å². The van der Waals surface area contributed by atoms with E-state index >= 15 is 0 Å². The highest BCUT2D eigenvalue weighted by atomic mass is 32.1. The first-order valence-corrected chi connectivity index (χ1v) is 14.7. The Labute approximate surface area is 246 Å². The first kappa shape index (κ1) is 29.9. The van der Waals surface area contributed by atoms with Crippen molar-refractivity contribution in [3.05, 3.63) is 100 Å². The molecule has 4 rings (SSSR count). The fourth-order valence-corrected chi connectivity index (χ4v) is 5.41. The number of carbonyl (C=O) groups is 2. The Balaban J connectivity index is 1.46. The van der Waals surface area contributed by atoms with Crippen molar-refractivity contribution in [2.45, 2.75) is 53.1 Å². The van der Waals surface area contributed by atoms with Crippen molar-refractivity contribution in [1.29, 1.82) is 0 Å². The predicted octanol–water partition coefficient (Wildman–Crippen LogP) is 6.89. The van der Waals surface area contributed by atoms with Gasteiger partial charge in [-0.3, -0.25) is 14.6 Å². The number of rotatable bonds is 11. The van der Waals surface area contributed by atoms with E-state index in [0.717, 1.165) is 24.3 Å². The summed E-state index contributed by atoms with van der Waals surface area (Å²) >= 11 is 1.41. The molecule has 7 nitrogen and oxygen atoms in total. The second kappa shape index (κ2) is 13.1. The molecule has 0 aliphatic heterocycles. The summed E-state index contributed by atoms with van der Waals surface area (Å²) in [6.45, 7) is 12.6. The first-order valence-electron chi connectivity index (χ1n) is 13.8. The topological polar surface area (TPSA) is 86.6 Å². The zero-order chi connectivity index (χ0) is 29.6.